The number of carbonyl (C=O) groups excluding carboxylic acids is 3. The predicted octanol–water partition coefficient (Wildman–Crippen LogP) is 2.38. The quantitative estimate of drug-likeness (QED) is 0.752. The van der Waals surface area contributed by atoms with Gasteiger partial charge in [0.05, 0.1) is 11.6 Å². The summed E-state index contributed by atoms with van der Waals surface area (Å²) >= 11 is 0. The van der Waals surface area contributed by atoms with Crippen LogP contribution in [0.15, 0.2) is 30.3 Å². The van der Waals surface area contributed by atoms with Crippen LogP contribution in [-0.2, 0) is 9.59 Å². The maximum absolute atomic E-state index is 12.9. The first kappa shape index (κ1) is 19.2. The smallest absolute Gasteiger partial charge is 0.231 e. The van der Waals surface area contributed by atoms with E-state index >= 15 is 0 Å². The van der Waals surface area contributed by atoms with Crippen molar-refractivity contribution in [3.05, 3.63) is 35.9 Å². The van der Waals surface area contributed by atoms with Crippen LogP contribution in [0.25, 0.3) is 0 Å². The first-order valence-electron chi connectivity index (χ1n) is 9.95. The number of nitrogens with one attached hydrogen (secondary N) is 1. The number of ether oxygens (including phenoxy) is 4. The summed E-state index contributed by atoms with van der Waals surface area (Å²) in [5.41, 5.74) is 1.31. The number of hydrogen-bond acceptors (Lipinski definition) is 7. The molecule has 0 bridgehead atoms. The van der Waals surface area contributed by atoms with Gasteiger partial charge in [-0.2, -0.15) is 0 Å². The van der Waals surface area contributed by atoms with E-state index in [9.17, 15) is 14.4 Å². The molecule has 0 aliphatic carbocycles. The van der Waals surface area contributed by atoms with Crippen LogP contribution < -0.4 is 29.2 Å². The molecule has 2 amide bonds. The maximum atomic E-state index is 12.9. The van der Waals surface area contributed by atoms with Crippen LogP contribution in [0.1, 0.15) is 23.7 Å². The molecule has 160 valence electrons. The molecule has 3 aliphatic rings. The number of ketones is 1. The van der Waals surface area contributed by atoms with Crippen LogP contribution in [0.5, 0.6) is 23.0 Å². The fourth-order valence-electron chi connectivity index (χ4n) is 3.90. The molecule has 3 heterocycles. The minimum atomic E-state index is -0.564. The molecule has 3 aliphatic heterocycles. The SMILES string of the molecule is CC(=O)c1cc2c(cc1NC(=O)[C@@H]1CC(=O)N(c3ccc4c(c3)OCCO4)C1)OCO2. The molecular formula is C22H20N2O7. The third-order valence-electron chi connectivity index (χ3n) is 5.48. The third kappa shape index (κ3) is 3.52. The molecule has 0 radical (unpaired) electrons. The average molecular weight is 424 g/mol. The molecule has 1 N–H and O–H groups in total. The summed E-state index contributed by atoms with van der Waals surface area (Å²) in [4.78, 5) is 39.2. The number of hydrogen-bond donors (Lipinski definition) is 1. The lowest BCUT2D eigenvalue weighted by atomic mass is 10.1. The van der Waals surface area contributed by atoms with Crippen molar-refractivity contribution >= 4 is 29.0 Å². The standard InChI is InChI=1S/C22H20N2O7/c1-12(25)15-8-19-20(31-11-30-19)9-16(15)23-22(27)13-6-21(26)24(10-13)14-2-3-17-18(7-14)29-5-4-28-17/h2-3,7-9,13H,4-6,10-11H2,1H3,(H,23,27)/t13-/m1/s1. The van der Waals surface area contributed by atoms with Gasteiger partial charge in [-0.15, -0.1) is 0 Å². The Balaban J connectivity index is 1.34. The zero-order chi connectivity index (χ0) is 21.5. The van der Waals surface area contributed by atoms with Gasteiger partial charge in [-0.3, -0.25) is 14.4 Å². The van der Waals surface area contributed by atoms with Crippen LogP contribution in [0.3, 0.4) is 0 Å². The number of amides is 2. The Hall–Kier alpha value is -3.75. The van der Waals surface area contributed by atoms with Crippen molar-refractivity contribution in [3.8, 4) is 23.0 Å². The average Bonchev–Trinajstić information content (AvgIpc) is 3.38. The van der Waals surface area contributed by atoms with Gasteiger partial charge in [0.2, 0.25) is 18.6 Å². The van der Waals surface area contributed by atoms with Crippen molar-refractivity contribution in [2.24, 2.45) is 5.92 Å². The molecule has 9 heteroatoms. The first-order valence-corrected chi connectivity index (χ1v) is 9.95. The predicted molar refractivity (Wildman–Crippen MR) is 109 cm³/mol. The minimum absolute atomic E-state index is 0.0612. The van der Waals surface area contributed by atoms with Gasteiger partial charge in [0, 0.05) is 36.3 Å². The van der Waals surface area contributed by atoms with Crippen LogP contribution in [0.4, 0.5) is 11.4 Å². The van der Waals surface area contributed by atoms with E-state index in [1.165, 1.54) is 6.92 Å². The van der Waals surface area contributed by atoms with Gasteiger partial charge in [0.25, 0.3) is 0 Å². The Kier molecular flexibility index (Phi) is 4.65. The van der Waals surface area contributed by atoms with Crippen molar-refractivity contribution in [1.82, 2.24) is 0 Å². The molecule has 0 unspecified atom stereocenters. The molecule has 1 saturated heterocycles. The van der Waals surface area contributed by atoms with E-state index in [-0.39, 0.29) is 37.4 Å². The van der Waals surface area contributed by atoms with Crippen molar-refractivity contribution < 1.29 is 33.3 Å². The van der Waals surface area contributed by atoms with E-state index in [1.807, 2.05) is 0 Å². The summed E-state index contributed by atoms with van der Waals surface area (Å²) in [5.74, 6) is 0.861. The Bertz CT molecular complexity index is 1100. The first-order chi connectivity index (χ1) is 15.0. The van der Waals surface area contributed by atoms with Gasteiger partial charge in [0.15, 0.2) is 28.8 Å². The normalized spacial score (nSPS) is 18.8. The van der Waals surface area contributed by atoms with E-state index in [0.29, 0.717) is 53.2 Å². The Labute approximate surface area is 177 Å². The highest BCUT2D eigenvalue weighted by atomic mass is 16.7. The number of anilines is 2. The highest BCUT2D eigenvalue weighted by Gasteiger charge is 2.36. The molecule has 1 atom stereocenters. The monoisotopic (exact) mass is 424 g/mol. The summed E-state index contributed by atoms with van der Waals surface area (Å²) in [7, 11) is 0. The van der Waals surface area contributed by atoms with Crippen molar-refractivity contribution in [2.75, 3.05) is 36.8 Å². The maximum Gasteiger partial charge on any atom is 0.231 e. The number of fused-ring (bicyclic) bond motifs is 2. The van der Waals surface area contributed by atoms with Gasteiger partial charge in [-0.25, -0.2) is 0 Å². The molecule has 2 aromatic carbocycles. The second-order valence-corrected chi connectivity index (χ2v) is 7.53. The molecule has 5 rings (SSSR count). The summed E-state index contributed by atoms with van der Waals surface area (Å²) in [6.07, 6.45) is 0.0697. The molecule has 9 nitrogen and oxygen atoms in total. The number of rotatable bonds is 4. The summed E-state index contributed by atoms with van der Waals surface area (Å²) in [6, 6.07) is 8.42. The fourth-order valence-corrected chi connectivity index (χ4v) is 3.90. The Morgan fingerprint density at radius 2 is 1.68 bits per heavy atom. The Morgan fingerprint density at radius 3 is 2.45 bits per heavy atom. The topological polar surface area (TPSA) is 103 Å². The van der Waals surface area contributed by atoms with E-state index in [2.05, 4.69) is 5.32 Å². The summed E-state index contributed by atoms with van der Waals surface area (Å²) in [6.45, 7) is 2.63. The van der Waals surface area contributed by atoms with Crippen molar-refractivity contribution in [2.45, 2.75) is 13.3 Å². The molecule has 0 spiro atoms. The van der Waals surface area contributed by atoms with Gasteiger partial charge in [-0.05, 0) is 25.1 Å². The van der Waals surface area contributed by atoms with Crippen LogP contribution >= 0.6 is 0 Å². The molecule has 0 aromatic heterocycles. The molecular weight excluding hydrogens is 404 g/mol. The van der Waals surface area contributed by atoms with E-state index < -0.39 is 5.92 Å². The lowest BCUT2D eigenvalue weighted by Crippen LogP contribution is -2.28. The third-order valence-corrected chi connectivity index (χ3v) is 5.48. The number of carbonyl (C=O) groups is 3. The highest BCUT2D eigenvalue weighted by molar-refractivity contribution is 6.07. The number of nitrogens with zero attached hydrogens (tertiary/aromatic N) is 1. The minimum Gasteiger partial charge on any atom is -0.486 e. The largest absolute Gasteiger partial charge is 0.486 e. The molecule has 31 heavy (non-hydrogen) atoms. The zero-order valence-electron chi connectivity index (χ0n) is 16.8. The molecule has 0 saturated carbocycles. The van der Waals surface area contributed by atoms with Crippen molar-refractivity contribution in [1.29, 1.82) is 0 Å². The summed E-state index contributed by atoms with van der Waals surface area (Å²) in [5, 5.41) is 2.79. The molecule has 1 fully saturated rings. The zero-order valence-corrected chi connectivity index (χ0v) is 16.8. The highest BCUT2D eigenvalue weighted by Crippen LogP contribution is 2.38. The lowest BCUT2D eigenvalue weighted by Gasteiger charge is -2.22. The van der Waals surface area contributed by atoms with Gasteiger partial charge < -0.3 is 29.2 Å². The second-order valence-electron chi connectivity index (χ2n) is 7.53. The van der Waals surface area contributed by atoms with Crippen LogP contribution in [0, 0.1) is 5.92 Å². The van der Waals surface area contributed by atoms with Crippen LogP contribution in [-0.4, -0.2) is 44.1 Å². The fraction of sp³-hybridized carbons (Fsp3) is 0.318. The Morgan fingerprint density at radius 1 is 0.968 bits per heavy atom. The van der Waals surface area contributed by atoms with E-state index in [1.54, 1.807) is 35.2 Å². The van der Waals surface area contributed by atoms with E-state index in [0.717, 1.165) is 0 Å². The number of benzene rings is 2. The summed E-state index contributed by atoms with van der Waals surface area (Å²) < 4.78 is 21.8. The second kappa shape index (κ2) is 7.50. The van der Waals surface area contributed by atoms with Gasteiger partial charge in [-0.1, -0.05) is 0 Å². The van der Waals surface area contributed by atoms with Gasteiger partial charge >= 0.3 is 0 Å². The molecule has 2 aromatic rings. The van der Waals surface area contributed by atoms with E-state index in [4.69, 9.17) is 18.9 Å². The van der Waals surface area contributed by atoms with Crippen LogP contribution in [0.2, 0.25) is 0 Å². The van der Waals surface area contributed by atoms with Gasteiger partial charge in [0.1, 0.15) is 13.2 Å². The van der Waals surface area contributed by atoms with Crippen molar-refractivity contribution in [3.63, 3.8) is 0 Å². The number of Topliss-reactive ketones (excluding diaryl/α,β-unsaturated/α-hetero) is 1. The lowest BCUT2D eigenvalue weighted by molar-refractivity contribution is -0.122.